The first-order valence-electron chi connectivity index (χ1n) is 18.7. The van der Waals surface area contributed by atoms with E-state index in [2.05, 4.69) is 147 Å². The fourth-order valence-corrected chi connectivity index (χ4v) is 10.9. The number of hydrogen-bond donors (Lipinski definition) is 1. The summed E-state index contributed by atoms with van der Waals surface area (Å²) in [7, 11) is -15.6. The maximum atomic E-state index is 13.5. The molecule has 0 spiro atoms. The summed E-state index contributed by atoms with van der Waals surface area (Å²) in [6.07, 6.45) is 0. The standard InChI is InChI=1S/C34H32BNO.C9F11O4S2/c1-26(2)33-34(29-18-6-3-7-19-29,30-20-8-4-9-21-30)37-35(31-22-10-5-11-23-31)36(33)25-28-17-14-16-27-15-12-13-24-32(27)28;10-2-1(3(11)5(13)6(14)4(2)12)7(25(21,22)8(15,16)17)26(23,24)9(18,19)20/h3-24,26,33H,25H2,1-2H3;/q;-1/p+1/t33-;/m0./s1. The summed E-state index contributed by atoms with van der Waals surface area (Å²) in [6.45, 7) is 5.58. The van der Waals surface area contributed by atoms with Crippen LogP contribution in [-0.2, 0) is 36.5 Å². The average Bonchev–Trinajstić information content (AvgIpc) is 3.60. The first kappa shape index (κ1) is 47.1. The Balaban J connectivity index is 0.000000225. The van der Waals surface area contributed by atoms with E-state index >= 15 is 0 Å². The van der Waals surface area contributed by atoms with Gasteiger partial charge >= 0.3 is 18.1 Å². The summed E-state index contributed by atoms with van der Waals surface area (Å²) >= 11 is 0. The molecule has 1 N–H and O–H groups in total. The number of rotatable bonds is 9. The van der Waals surface area contributed by atoms with Crippen molar-refractivity contribution < 1.29 is 74.6 Å². The van der Waals surface area contributed by atoms with Gasteiger partial charge in [0.1, 0.15) is 17.7 Å². The van der Waals surface area contributed by atoms with E-state index in [0.29, 0.717) is 5.92 Å². The van der Waals surface area contributed by atoms with Gasteiger partial charge in [-0.25, -0.2) is 30.0 Å². The fourth-order valence-electron chi connectivity index (χ4n) is 7.88. The van der Waals surface area contributed by atoms with E-state index in [4.69, 9.17) is 4.65 Å². The number of sulfone groups is 2. The minimum absolute atomic E-state index is 0.104. The van der Waals surface area contributed by atoms with Crippen molar-refractivity contribution >= 4 is 43.0 Å². The lowest BCUT2D eigenvalue weighted by molar-refractivity contribution is -0.834. The molecule has 0 aromatic heterocycles. The predicted molar refractivity (Wildman–Crippen MR) is 212 cm³/mol. The lowest BCUT2D eigenvalue weighted by atomic mass is 9.70. The van der Waals surface area contributed by atoms with Crippen LogP contribution in [0.4, 0.5) is 48.3 Å². The van der Waals surface area contributed by atoms with E-state index in [1.165, 1.54) is 37.7 Å². The van der Waals surface area contributed by atoms with Crippen LogP contribution in [0.15, 0.2) is 133 Å². The van der Waals surface area contributed by atoms with Gasteiger partial charge in [-0.1, -0.05) is 153 Å². The molecule has 0 bridgehead atoms. The number of fused-ring (bicyclic) bond motifs is 1. The van der Waals surface area contributed by atoms with Crippen LogP contribution >= 0.6 is 0 Å². The van der Waals surface area contributed by atoms with Crippen molar-refractivity contribution in [2.45, 2.75) is 43.1 Å². The predicted octanol–water partition coefficient (Wildman–Crippen LogP) is 8.71. The normalized spacial score (nSPS) is 16.8. The fraction of sp³-hybridized carbons (Fsp3) is 0.186. The molecular formula is C43H33BF11NO5S2. The van der Waals surface area contributed by atoms with Crippen molar-refractivity contribution in [3.8, 4) is 0 Å². The zero-order chi connectivity index (χ0) is 46.3. The minimum atomic E-state index is -7.75. The molecule has 7 rings (SSSR count). The Hall–Kier alpha value is -5.44. The van der Waals surface area contributed by atoms with E-state index in [0.717, 1.165) is 6.54 Å². The Kier molecular flexibility index (Phi) is 13.2. The number of nitrogens with one attached hydrogen (secondary N) is 1. The molecular weight excluding hydrogens is 894 g/mol. The molecule has 6 aromatic rings. The molecule has 1 fully saturated rings. The van der Waals surface area contributed by atoms with Crippen molar-refractivity contribution in [2.75, 3.05) is 0 Å². The molecule has 6 nitrogen and oxygen atoms in total. The molecule has 0 amide bonds. The lowest BCUT2D eigenvalue weighted by Crippen LogP contribution is -3.20. The number of halogens is 11. The van der Waals surface area contributed by atoms with Crippen LogP contribution in [0, 0.1) is 39.6 Å². The Morgan fingerprint density at radius 1 is 0.603 bits per heavy atom. The number of hydrogen-bond acceptors (Lipinski definition) is 5. The third-order valence-corrected chi connectivity index (χ3v) is 14.4. The summed E-state index contributed by atoms with van der Waals surface area (Å²) < 4.78 is 189. The van der Waals surface area contributed by atoms with E-state index in [1.807, 2.05) is 0 Å². The molecule has 1 aliphatic heterocycles. The van der Waals surface area contributed by atoms with Crippen molar-refractivity contribution in [3.05, 3.63) is 189 Å². The second kappa shape index (κ2) is 17.6. The van der Waals surface area contributed by atoms with Crippen LogP contribution in [0.5, 0.6) is 0 Å². The molecule has 0 saturated carbocycles. The molecule has 6 aromatic carbocycles. The summed E-state index contributed by atoms with van der Waals surface area (Å²) in [5.41, 5.74) is -12.8. The van der Waals surface area contributed by atoms with Gasteiger partial charge < -0.3 is 9.47 Å². The van der Waals surface area contributed by atoms with Gasteiger partial charge in [-0.05, 0) is 21.9 Å². The molecule has 63 heavy (non-hydrogen) atoms. The zero-order valence-corrected chi connectivity index (χ0v) is 34.3. The van der Waals surface area contributed by atoms with E-state index < -0.39 is 75.5 Å². The Labute approximate surface area is 354 Å². The van der Waals surface area contributed by atoms with Crippen molar-refractivity contribution in [2.24, 2.45) is 5.92 Å². The SMILES string of the molecule is CC(C)[C@@H]1[NH+](Cc2cccc3ccccc23)B(c2ccccc2)OC1(c1ccccc1)c1ccccc1.O=S(=O)([C-](c1c(F)c(F)c(F)c(F)c1F)S(=O)(=O)C(F)(F)F)C(F)(F)F. The molecule has 20 heteroatoms. The summed E-state index contributed by atoms with van der Waals surface area (Å²) in [5.74, 6) is -16.1. The van der Waals surface area contributed by atoms with Crippen LogP contribution in [0.3, 0.4) is 0 Å². The Morgan fingerprint density at radius 3 is 1.48 bits per heavy atom. The largest absolute Gasteiger partial charge is 0.611 e. The summed E-state index contributed by atoms with van der Waals surface area (Å²) in [5, 5.41) is 2.61. The van der Waals surface area contributed by atoms with Crippen LogP contribution < -0.4 is 10.3 Å². The van der Waals surface area contributed by atoms with E-state index in [1.54, 1.807) is 0 Å². The van der Waals surface area contributed by atoms with Gasteiger partial charge in [0.25, 0.3) is 0 Å². The van der Waals surface area contributed by atoms with Gasteiger partial charge in [-0.15, -0.1) is 0 Å². The number of benzene rings is 6. The molecule has 1 saturated heterocycles. The molecule has 1 heterocycles. The van der Waals surface area contributed by atoms with Crippen LogP contribution in [-0.4, -0.2) is 40.9 Å². The van der Waals surface area contributed by atoms with Crippen molar-refractivity contribution in [3.63, 3.8) is 0 Å². The van der Waals surface area contributed by atoms with Gasteiger partial charge in [-0.2, -0.15) is 26.3 Å². The highest BCUT2D eigenvalue weighted by Gasteiger charge is 2.64. The second-order valence-electron chi connectivity index (χ2n) is 14.6. The summed E-state index contributed by atoms with van der Waals surface area (Å²) in [6, 6.07) is 48.1. The van der Waals surface area contributed by atoms with Crippen LogP contribution in [0.2, 0.25) is 0 Å². The molecule has 1 aliphatic rings. The van der Waals surface area contributed by atoms with Crippen molar-refractivity contribution in [1.82, 2.24) is 0 Å². The topological polar surface area (TPSA) is 81.9 Å². The lowest BCUT2D eigenvalue weighted by Gasteiger charge is -2.38. The van der Waals surface area contributed by atoms with Crippen LogP contribution in [0.1, 0.15) is 36.1 Å². The zero-order valence-electron chi connectivity index (χ0n) is 32.7. The maximum Gasteiger partial charge on any atom is 0.611 e. The molecule has 1 unspecified atom stereocenters. The van der Waals surface area contributed by atoms with Gasteiger partial charge in [-0.3, -0.25) is 8.78 Å². The average molecular weight is 928 g/mol. The third-order valence-electron chi connectivity index (χ3n) is 10.4. The Morgan fingerprint density at radius 2 is 1.02 bits per heavy atom. The van der Waals surface area contributed by atoms with Gasteiger partial charge in [0.2, 0.25) is 19.7 Å². The second-order valence-corrected chi connectivity index (χ2v) is 18.6. The highest BCUT2D eigenvalue weighted by Crippen LogP contribution is 2.47. The van der Waals surface area contributed by atoms with E-state index in [9.17, 15) is 65.1 Å². The summed E-state index contributed by atoms with van der Waals surface area (Å²) in [4.78, 5) is 1.45. The van der Waals surface area contributed by atoms with Crippen molar-refractivity contribution in [1.29, 1.82) is 0 Å². The van der Waals surface area contributed by atoms with Gasteiger partial charge in [0.05, 0.1) is 22.8 Å². The third kappa shape index (κ3) is 8.52. The molecule has 332 valence electrons. The maximum absolute atomic E-state index is 13.5. The smallest absolute Gasteiger partial charge is 0.364 e. The number of quaternary nitrogens is 1. The minimum Gasteiger partial charge on any atom is -0.364 e. The first-order valence-corrected chi connectivity index (χ1v) is 21.6. The highest BCUT2D eigenvalue weighted by molar-refractivity contribution is 8.13. The Bertz CT molecular complexity index is 2700. The molecule has 0 radical (unpaired) electrons. The number of alkyl halides is 6. The molecule has 2 atom stereocenters. The highest BCUT2D eigenvalue weighted by atomic mass is 32.3. The van der Waals surface area contributed by atoms with E-state index in [-0.39, 0.29) is 13.1 Å². The molecule has 0 aliphatic carbocycles. The van der Waals surface area contributed by atoms with Gasteiger partial charge in [0, 0.05) is 16.9 Å². The first-order chi connectivity index (χ1) is 29.5. The quantitative estimate of drug-likeness (QED) is 0.0517. The van der Waals surface area contributed by atoms with Crippen LogP contribution in [0.25, 0.3) is 10.8 Å². The van der Waals surface area contributed by atoms with Gasteiger partial charge in [0.15, 0.2) is 11.4 Å². The monoisotopic (exact) mass is 927 g/mol.